The van der Waals surface area contributed by atoms with Crippen molar-refractivity contribution in [2.45, 2.75) is 72.3 Å². The van der Waals surface area contributed by atoms with E-state index in [0.717, 1.165) is 23.8 Å². The Hall–Kier alpha value is 0.440. The van der Waals surface area contributed by atoms with Crippen LogP contribution in [0.25, 0.3) is 0 Å². The molecule has 0 bridgehead atoms. The lowest BCUT2D eigenvalue weighted by Crippen LogP contribution is -2.41. The monoisotopic (exact) mass is 318 g/mol. The van der Waals surface area contributed by atoms with Crippen LogP contribution in [0.3, 0.4) is 0 Å². The van der Waals surface area contributed by atoms with Crippen molar-refractivity contribution >= 4 is 15.9 Å². The predicted molar refractivity (Wildman–Crippen MR) is 83.3 cm³/mol. The van der Waals surface area contributed by atoms with E-state index in [-0.39, 0.29) is 5.60 Å². The normalized spacial score (nSPS) is 29.8. The molecule has 2 heteroatoms. The molecule has 0 aromatic heterocycles. The smallest absolute Gasteiger partial charge is 0.0779 e. The highest BCUT2D eigenvalue weighted by Crippen LogP contribution is 2.43. The third kappa shape index (κ3) is 4.85. The van der Waals surface area contributed by atoms with Crippen molar-refractivity contribution in [2.24, 2.45) is 17.3 Å². The van der Waals surface area contributed by atoms with Gasteiger partial charge in [-0.25, -0.2) is 0 Å². The SMILES string of the molecule is CC(C)CCOC1(CBr)CCC(C(C)(C)C)CC1. The van der Waals surface area contributed by atoms with Gasteiger partial charge in [-0.05, 0) is 49.4 Å². The highest BCUT2D eigenvalue weighted by Gasteiger charge is 2.38. The quantitative estimate of drug-likeness (QED) is 0.615. The molecule has 0 aromatic carbocycles. The standard InChI is InChI=1S/C16H31BrO/c1-13(2)8-11-18-16(12-17)9-6-14(7-10-16)15(3,4)5/h13-14H,6-12H2,1-5H3. The minimum Gasteiger partial charge on any atom is -0.374 e. The zero-order valence-electron chi connectivity index (χ0n) is 12.9. The van der Waals surface area contributed by atoms with Crippen LogP contribution in [-0.2, 0) is 4.74 Å². The third-order valence-corrected chi connectivity index (χ3v) is 5.49. The topological polar surface area (TPSA) is 9.23 Å². The van der Waals surface area contributed by atoms with Gasteiger partial charge in [0.05, 0.1) is 5.60 Å². The first-order chi connectivity index (χ1) is 8.29. The lowest BCUT2D eigenvalue weighted by molar-refractivity contribution is -0.0718. The second-order valence-electron chi connectivity index (χ2n) is 7.49. The molecule has 1 aliphatic carbocycles. The summed E-state index contributed by atoms with van der Waals surface area (Å²) >= 11 is 3.68. The minimum atomic E-state index is 0.122. The molecule has 0 amide bonds. The molecule has 18 heavy (non-hydrogen) atoms. The Morgan fingerprint density at radius 3 is 2.17 bits per heavy atom. The van der Waals surface area contributed by atoms with Gasteiger partial charge in [-0.2, -0.15) is 0 Å². The van der Waals surface area contributed by atoms with E-state index in [0.29, 0.717) is 5.41 Å². The summed E-state index contributed by atoms with van der Waals surface area (Å²) < 4.78 is 6.24. The lowest BCUT2D eigenvalue weighted by atomic mass is 9.69. The van der Waals surface area contributed by atoms with Gasteiger partial charge in [-0.15, -0.1) is 0 Å². The maximum Gasteiger partial charge on any atom is 0.0779 e. The summed E-state index contributed by atoms with van der Waals surface area (Å²) in [6.07, 6.45) is 6.25. The summed E-state index contributed by atoms with van der Waals surface area (Å²) in [4.78, 5) is 0. The molecule has 1 nitrogen and oxygen atoms in total. The number of hydrogen-bond donors (Lipinski definition) is 0. The zero-order valence-corrected chi connectivity index (χ0v) is 14.5. The van der Waals surface area contributed by atoms with Gasteiger partial charge in [0, 0.05) is 11.9 Å². The van der Waals surface area contributed by atoms with Crippen molar-refractivity contribution in [2.75, 3.05) is 11.9 Å². The lowest BCUT2D eigenvalue weighted by Gasteiger charge is -2.43. The van der Waals surface area contributed by atoms with E-state index in [9.17, 15) is 0 Å². The van der Waals surface area contributed by atoms with Crippen LogP contribution >= 0.6 is 15.9 Å². The van der Waals surface area contributed by atoms with Crippen molar-refractivity contribution in [1.29, 1.82) is 0 Å². The van der Waals surface area contributed by atoms with Crippen LogP contribution in [0.2, 0.25) is 0 Å². The Labute approximate surface area is 122 Å². The molecule has 0 heterocycles. The zero-order chi connectivity index (χ0) is 13.8. The molecule has 1 aliphatic rings. The first-order valence-electron chi connectivity index (χ1n) is 7.49. The summed E-state index contributed by atoms with van der Waals surface area (Å²) in [5, 5.41) is 0.995. The van der Waals surface area contributed by atoms with E-state index in [1.165, 1.54) is 32.1 Å². The fourth-order valence-electron chi connectivity index (χ4n) is 2.84. The van der Waals surface area contributed by atoms with Gasteiger partial charge in [-0.1, -0.05) is 50.5 Å². The first-order valence-corrected chi connectivity index (χ1v) is 8.61. The van der Waals surface area contributed by atoms with E-state index in [1.54, 1.807) is 0 Å². The largest absolute Gasteiger partial charge is 0.374 e. The van der Waals surface area contributed by atoms with Gasteiger partial charge >= 0.3 is 0 Å². The van der Waals surface area contributed by atoms with Crippen LogP contribution in [0.5, 0.6) is 0 Å². The average Bonchev–Trinajstić information content (AvgIpc) is 2.28. The van der Waals surface area contributed by atoms with Crippen molar-refractivity contribution < 1.29 is 4.74 Å². The van der Waals surface area contributed by atoms with Crippen LogP contribution in [-0.4, -0.2) is 17.5 Å². The van der Waals surface area contributed by atoms with E-state index in [1.807, 2.05) is 0 Å². The van der Waals surface area contributed by atoms with E-state index in [2.05, 4.69) is 50.5 Å². The van der Waals surface area contributed by atoms with Crippen molar-refractivity contribution in [3.8, 4) is 0 Å². The van der Waals surface area contributed by atoms with Gasteiger partial charge in [0.2, 0.25) is 0 Å². The second kappa shape index (κ2) is 6.74. The second-order valence-corrected chi connectivity index (χ2v) is 8.05. The van der Waals surface area contributed by atoms with Crippen molar-refractivity contribution in [1.82, 2.24) is 0 Å². The maximum absolute atomic E-state index is 6.24. The van der Waals surface area contributed by atoms with Gasteiger partial charge in [0.25, 0.3) is 0 Å². The Kier molecular flexibility index (Phi) is 6.18. The molecule has 1 fully saturated rings. The maximum atomic E-state index is 6.24. The molecule has 1 saturated carbocycles. The Bertz CT molecular complexity index is 234. The number of alkyl halides is 1. The fraction of sp³-hybridized carbons (Fsp3) is 1.00. The van der Waals surface area contributed by atoms with Crippen molar-refractivity contribution in [3.63, 3.8) is 0 Å². The molecular formula is C16H31BrO. The molecule has 0 aromatic rings. The Balaban J connectivity index is 2.44. The van der Waals surface area contributed by atoms with Gasteiger partial charge in [-0.3, -0.25) is 0 Å². The summed E-state index contributed by atoms with van der Waals surface area (Å²) in [6, 6.07) is 0. The summed E-state index contributed by atoms with van der Waals surface area (Å²) in [6.45, 7) is 12.6. The highest BCUT2D eigenvalue weighted by molar-refractivity contribution is 9.09. The molecule has 0 spiro atoms. The minimum absolute atomic E-state index is 0.122. The van der Waals surface area contributed by atoms with E-state index >= 15 is 0 Å². The molecule has 0 unspecified atom stereocenters. The van der Waals surface area contributed by atoms with E-state index < -0.39 is 0 Å². The molecule has 1 rings (SSSR count). The van der Waals surface area contributed by atoms with Gasteiger partial charge in [0.15, 0.2) is 0 Å². The first kappa shape index (κ1) is 16.5. The Morgan fingerprint density at radius 2 is 1.78 bits per heavy atom. The van der Waals surface area contributed by atoms with Crippen LogP contribution in [0, 0.1) is 17.3 Å². The van der Waals surface area contributed by atoms with Crippen LogP contribution < -0.4 is 0 Å². The molecule has 0 saturated heterocycles. The van der Waals surface area contributed by atoms with Gasteiger partial charge in [0.1, 0.15) is 0 Å². The summed E-state index contributed by atoms with van der Waals surface area (Å²) in [5.41, 5.74) is 0.576. The van der Waals surface area contributed by atoms with Crippen molar-refractivity contribution in [3.05, 3.63) is 0 Å². The number of halogens is 1. The highest BCUT2D eigenvalue weighted by atomic mass is 79.9. The number of rotatable bonds is 5. The number of ether oxygens (including phenoxy) is 1. The average molecular weight is 319 g/mol. The summed E-state index contributed by atoms with van der Waals surface area (Å²) in [7, 11) is 0. The molecule has 0 N–H and O–H groups in total. The fourth-order valence-corrected chi connectivity index (χ4v) is 3.56. The number of hydrogen-bond acceptors (Lipinski definition) is 1. The molecule has 108 valence electrons. The third-order valence-electron chi connectivity index (χ3n) is 4.47. The molecule has 0 radical (unpaired) electrons. The molecule has 0 atom stereocenters. The van der Waals surface area contributed by atoms with Gasteiger partial charge < -0.3 is 4.74 Å². The summed E-state index contributed by atoms with van der Waals surface area (Å²) in [5.74, 6) is 1.60. The van der Waals surface area contributed by atoms with Crippen LogP contribution in [0.15, 0.2) is 0 Å². The molecular weight excluding hydrogens is 288 g/mol. The van der Waals surface area contributed by atoms with E-state index in [4.69, 9.17) is 4.74 Å². The molecule has 0 aliphatic heterocycles. The van der Waals surface area contributed by atoms with Crippen LogP contribution in [0.1, 0.15) is 66.7 Å². The van der Waals surface area contributed by atoms with Crippen LogP contribution in [0.4, 0.5) is 0 Å². The Morgan fingerprint density at radius 1 is 1.22 bits per heavy atom. The predicted octanol–water partition coefficient (Wildman–Crippen LogP) is 5.42.